The van der Waals surface area contributed by atoms with Crippen molar-refractivity contribution in [1.82, 2.24) is 15.3 Å². The Labute approximate surface area is 235 Å². The van der Waals surface area contributed by atoms with Crippen LogP contribution in [0, 0.1) is 5.82 Å². The molecule has 0 spiro atoms. The number of hydrogen-bond donors (Lipinski definition) is 2. The standard InChI is InChI=1S/C31H25FN4O4S/c1-33-31(37)28-23-16-22(20-11-14-24-25(15-20)35-30(34-24)19-7-5-4-6-8-19)26(36(2)41(3,38)39)17-27(23)40-29(28)18-9-12-21(32)13-10-18/h4-17H,1-3H3,(H,33,37)(H,34,35). The van der Waals surface area contributed by atoms with E-state index in [1.54, 1.807) is 12.1 Å². The van der Waals surface area contributed by atoms with Crippen LogP contribution in [0.3, 0.4) is 0 Å². The van der Waals surface area contributed by atoms with Crippen LogP contribution in [0.2, 0.25) is 0 Å². The molecule has 4 aromatic carbocycles. The number of rotatable bonds is 6. The number of H-pyrrole nitrogens is 1. The van der Waals surface area contributed by atoms with Crippen LogP contribution in [0.25, 0.3) is 55.8 Å². The largest absolute Gasteiger partial charge is 0.455 e. The number of carbonyl (C=O) groups excluding carboxylic acids is 1. The van der Waals surface area contributed by atoms with Crippen molar-refractivity contribution in [2.75, 3.05) is 24.7 Å². The number of benzene rings is 4. The SMILES string of the molecule is CNC(=O)c1c(-c2ccc(F)cc2)oc2cc(N(C)S(C)(=O)=O)c(-c3ccc4[nH]c(-c5ccccc5)nc4c3)cc12. The topological polar surface area (TPSA) is 108 Å². The highest BCUT2D eigenvalue weighted by molar-refractivity contribution is 7.92. The molecule has 0 aliphatic rings. The summed E-state index contributed by atoms with van der Waals surface area (Å²) in [4.78, 5) is 21.2. The van der Waals surface area contributed by atoms with Crippen LogP contribution >= 0.6 is 0 Å². The van der Waals surface area contributed by atoms with Crippen LogP contribution < -0.4 is 9.62 Å². The van der Waals surface area contributed by atoms with Gasteiger partial charge in [-0.25, -0.2) is 17.8 Å². The van der Waals surface area contributed by atoms with Crippen molar-refractivity contribution in [3.05, 3.63) is 96.3 Å². The Morgan fingerprint density at radius 1 is 0.951 bits per heavy atom. The summed E-state index contributed by atoms with van der Waals surface area (Å²) in [5.74, 6) is 0.144. The van der Waals surface area contributed by atoms with Crippen molar-refractivity contribution in [2.45, 2.75) is 0 Å². The Hall–Kier alpha value is -4.96. The third-order valence-electron chi connectivity index (χ3n) is 7.04. The fourth-order valence-corrected chi connectivity index (χ4v) is 5.37. The zero-order valence-corrected chi connectivity index (χ0v) is 23.2. The van der Waals surface area contributed by atoms with Crippen LogP contribution in [0.4, 0.5) is 10.1 Å². The number of fused-ring (bicyclic) bond motifs is 2. The molecule has 0 fully saturated rings. The quantitative estimate of drug-likeness (QED) is 0.249. The molecule has 10 heteroatoms. The smallest absolute Gasteiger partial charge is 0.255 e. The molecule has 0 bridgehead atoms. The number of anilines is 1. The molecule has 0 radical (unpaired) electrons. The first-order chi connectivity index (χ1) is 19.6. The molecule has 0 aliphatic heterocycles. The summed E-state index contributed by atoms with van der Waals surface area (Å²) in [5.41, 5.74) is 5.15. The third-order valence-corrected chi connectivity index (χ3v) is 8.24. The fourth-order valence-electron chi connectivity index (χ4n) is 4.86. The molecule has 2 aromatic heterocycles. The van der Waals surface area contributed by atoms with Crippen molar-refractivity contribution in [3.63, 3.8) is 0 Å². The zero-order chi connectivity index (χ0) is 28.9. The number of nitrogens with zero attached hydrogens (tertiary/aromatic N) is 2. The van der Waals surface area contributed by atoms with E-state index in [4.69, 9.17) is 9.40 Å². The summed E-state index contributed by atoms with van der Waals surface area (Å²) < 4.78 is 46.3. The van der Waals surface area contributed by atoms with Gasteiger partial charge in [-0.05, 0) is 48.0 Å². The Kier molecular flexibility index (Phi) is 6.34. The fraction of sp³-hybridized carbons (Fsp3) is 0.0968. The summed E-state index contributed by atoms with van der Waals surface area (Å²) >= 11 is 0. The molecule has 1 amide bonds. The van der Waals surface area contributed by atoms with E-state index in [1.807, 2.05) is 48.5 Å². The lowest BCUT2D eigenvalue weighted by molar-refractivity contribution is 0.0964. The summed E-state index contributed by atoms with van der Waals surface area (Å²) in [6, 6.07) is 24.3. The maximum absolute atomic E-state index is 13.7. The van der Waals surface area contributed by atoms with Gasteiger partial charge in [-0.2, -0.15) is 0 Å². The van der Waals surface area contributed by atoms with Crippen LogP contribution in [-0.2, 0) is 10.0 Å². The second-order valence-corrected chi connectivity index (χ2v) is 11.7. The first-order valence-electron chi connectivity index (χ1n) is 12.7. The third kappa shape index (κ3) is 4.72. The van der Waals surface area contributed by atoms with E-state index in [0.717, 1.165) is 17.3 Å². The maximum Gasteiger partial charge on any atom is 0.255 e. The van der Waals surface area contributed by atoms with Crippen molar-refractivity contribution in [2.24, 2.45) is 0 Å². The highest BCUT2D eigenvalue weighted by atomic mass is 32.2. The molecule has 6 aromatic rings. The number of imidazole rings is 1. The number of furan rings is 1. The van der Waals surface area contributed by atoms with Gasteiger partial charge in [0.15, 0.2) is 0 Å². The lowest BCUT2D eigenvalue weighted by Gasteiger charge is -2.20. The van der Waals surface area contributed by atoms with Gasteiger partial charge in [-0.1, -0.05) is 36.4 Å². The van der Waals surface area contributed by atoms with Crippen molar-refractivity contribution in [1.29, 1.82) is 0 Å². The zero-order valence-electron chi connectivity index (χ0n) is 22.4. The predicted octanol–water partition coefficient (Wildman–Crippen LogP) is 6.20. The second-order valence-electron chi connectivity index (χ2n) is 9.67. The van der Waals surface area contributed by atoms with Crippen molar-refractivity contribution < 1.29 is 22.0 Å². The van der Waals surface area contributed by atoms with Gasteiger partial charge < -0.3 is 14.7 Å². The Bertz CT molecular complexity index is 2050. The number of aromatic nitrogens is 2. The normalized spacial score (nSPS) is 11.7. The molecule has 2 heterocycles. The van der Waals surface area contributed by atoms with Gasteiger partial charge in [0.2, 0.25) is 10.0 Å². The number of nitrogens with one attached hydrogen (secondary N) is 2. The predicted molar refractivity (Wildman–Crippen MR) is 159 cm³/mol. The highest BCUT2D eigenvalue weighted by Gasteiger charge is 2.26. The van der Waals surface area contributed by atoms with Crippen LogP contribution in [0.1, 0.15) is 10.4 Å². The van der Waals surface area contributed by atoms with Gasteiger partial charge in [0.1, 0.15) is 23.0 Å². The van der Waals surface area contributed by atoms with Gasteiger partial charge in [0.05, 0.1) is 28.5 Å². The Balaban J connectivity index is 1.60. The number of aromatic amines is 1. The number of sulfonamides is 1. The average Bonchev–Trinajstić information content (AvgIpc) is 3.57. The second kappa shape index (κ2) is 9.90. The molecule has 0 atom stereocenters. The summed E-state index contributed by atoms with van der Waals surface area (Å²) in [6.45, 7) is 0. The lowest BCUT2D eigenvalue weighted by atomic mass is 9.98. The van der Waals surface area contributed by atoms with Crippen LogP contribution in [-0.4, -0.2) is 44.6 Å². The van der Waals surface area contributed by atoms with E-state index in [2.05, 4.69) is 10.3 Å². The van der Waals surface area contributed by atoms with E-state index in [-0.39, 0.29) is 11.3 Å². The first kappa shape index (κ1) is 26.3. The van der Waals surface area contributed by atoms with Crippen LogP contribution in [0.15, 0.2) is 89.3 Å². The summed E-state index contributed by atoms with van der Waals surface area (Å²) in [6.07, 6.45) is 1.12. The Morgan fingerprint density at radius 2 is 1.66 bits per heavy atom. The maximum atomic E-state index is 13.7. The minimum Gasteiger partial charge on any atom is -0.455 e. The van der Waals surface area contributed by atoms with E-state index in [1.165, 1.54) is 42.7 Å². The van der Waals surface area contributed by atoms with Gasteiger partial charge in [0, 0.05) is 42.2 Å². The molecule has 0 saturated carbocycles. The lowest BCUT2D eigenvalue weighted by Crippen LogP contribution is -2.25. The molecule has 206 valence electrons. The van der Waals surface area contributed by atoms with E-state index >= 15 is 0 Å². The number of amides is 1. The number of halogens is 1. The van der Waals surface area contributed by atoms with Gasteiger partial charge in [0.25, 0.3) is 5.91 Å². The van der Waals surface area contributed by atoms with Crippen molar-refractivity contribution >= 4 is 43.6 Å². The number of hydrogen-bond acceptors (Lipinski definition) is 5. The van der Waals surface area contributed by atoms with E-state index in [0.29, 0.717) is 44.7 Å². The number of carbonyl (C=O) groups is 1. The summed E-state index contributed by atoms with van der Waals surface area (Å²) in [7, 11) is -0.687. The van der Waals surface area contributed by atoms with Gasteiger partial charge in [-0.15, -0.1) is 0 Å². The minimum atomic E-state index is -3.66. The first-order valence-corrected chi connectivity index (χ1v) is 14.6. The molecule has 41 heavy (non-hydrogen) atoms. The molecule has 8 nitrogen and oxygen atoms in total. The van der Waals surface area contributed by atoms with Crippen LogP contribution in [0.5, 0.6) is 0 Å². The molecule has 0 saturated heterocycles. The van der Waals surface area contributed by atoms with E-state index in [9.17, 15) is 17.6 Å². The molecule has 2 N–H and O–H groups in total. The van der Waals surface area contributed by atoms with Gasteiger partial charge >= 0.3 is 0 Å². The van der Waals surface area contributed by atoms with Gasteiger partial charge in [-0.3, -0.25) is 9.10 Å². The Morgan fingerprint density at radius 3 is 2.34 bits per heavy atom. The molecular formula is C31H25FN4O4S. The van der Waals surface area contributed by atoms with E-state index < -0.39 is 21.7 Å². The monoisotopic (exact) mass is 568 g/mol. The summed E-state index contributed by atoms with van der Waals surface area (Å²) in [5, 5.41) is 3.13. The minimum absolute atomic E-state index is 0.250. The molecular weight excluding hydrogens is 543 g/mol. The highest BCUT2D eigenvalue weighted by Crippen LogP contribution is 2.41. The molecule has 6 rings (SSSR count). The molecule has 0 aliphatic carbocycles. The molecule has 0 unspecified atom stereocenters. The average molecular weight is 569 g/mol. The van der Waals surface area contributed by atoms with Crippen molar-refractivity contribution in [3.8, 4) is 33.8 Å².